The van der Waals surface area contributed by atoms with Crippen molar-refractivity contribution >= 4 is 21.5 Å². The number of hydrogen-bond donors (Lipinski definition) is 3. The van der Waals surface area contributed by atoms with Crippen molar-refractivity contribution < 1.29 is 51.0 Å². The van der Waals surface area contributed by atoms with E-state index in [1.165, 1.54) is 49.4 Å². The summed E-state index contributed by atoms with van der Waals surface area (Å²) in [5.74, 6) is 0.754. The Morgan fingerprint density at radius 1 is 0.597 bits per heavy atom. The third-order valence-corrected chi connectivity index (χ3v) is 13.2. The average molecular weight is 877 g/mol. The summed E-state index contributed by atoms with van der Waals surface area (Å²) in [6.45, 7) is 15.0. The largest absolute Gasteiger partial charge is 0.490 e. The Balaban J connectivity index is 0.000000235. The fourth-order valence-corrected chi connectivity index (χ4v) is 8.89. The number of ether oxygens (including phenoxy) is 2. The van der Waals surface area contributed by atoms with E-state index in [0.717, 1.165) is 38.5 Å². The highest BCUT2D eigenvalue weighted by Crippen LogP contribution is 2.46. The van der Waals surface area contributed by atoms with Gasteiger partial charge in [-0.05, 0) is 132 Å². The third kappa shape index (κ3) is 11.0. The quantitative estimate of drug-likeness (QED) is 0.0868. The lowest BCUT2D eigenvalue weighted by molar-refractivity contribution is -0.578. The van der Waals surface area contributed by atoms with Gasteiger partial charge in [-0.2, -0.15) is 26.3 Å². The molecule has 2 saturated carbocycles. The molecule has 0 aliphatic heterocycles. The van der Waals surface area contributed by atoms with E-state index in [9.17, 15) is 46.7 Å². The van der Waals surface area contributed by atoms with Gasteiger partial charge in [0.15, 0.2) is 0 Å². The summed E-state index contributed by atoms with van der Waals surface area (Å²) in [7, 11) is 0. The lowest BCUT2D eigenvalue weighted by atomic mass is 9.72. The summed E-state index contributed by atoms with van der Waals surface area (Å²) in [5, 5.41) is 31.1. The first-order valence-corrected chi connectivity index (χ1v) is 21.4. The van der Waals surface area contributed by atoms with Crippen LogP contribution >= 0.6 is 0 Å². The summed E-state index contributed by atoms with van der Waals surface area (Å²) >= 11 is 0. The molecule has 0 radical (unpaired) electrons. The molecular formula is C48H62F6N2O6. The molecule has 0 heterocycles. The number of fused-ring (bicyclic) bond motifs is 2. The molecule has 4 N–H and O–H groups in total. The Morgan fingerprint density at radius 2 is 0.968 bits per heavy atom. The van der Waals surface area contributed by atoms with Crippen LogP contribution in [0.15, 0.2) is 60.7 Å². The molecule has 2 aliphatic carbocycles. The highest BCUT2D eigenvalue weighted by molar-refractivity contribution is 5.90. The second kappa shape index (κ2) is 18.2. The second-order valence-electron chi connectivity index (χ2n) is 19.9. The van der Waals surface area contributed by atoms with E-state index in [1.54, 1.807) is 25.1 Å². The molecule has 2 aliphatic rings. The van der Waals surface area contributed by atoms with Gasteiger partial charge in [0, 0.05) is 17.4 Å². The van der Waals surface area contributed by atoms with Crippen molar-refractivity contribution in [2.75, 3.05) is 13.2 Å². The Hall–Kier alpha value is -4.14. The van der Waals surface area contributed by atoms with E-state index in [2.05, 4.69) is 41.5 Å². The predicted octanol–water partition coefficient (Wildman–Crippen LogP) is 12.3. The molecule has 4 aromatic rings. The van der Waals surface area contributed by atoms with Crippen LogP contribution in [0.1, 0.15) is 129 Å². The van der Waals surface area contributed by atoms with Gasteiger partial charge in [0.05, 0.1) is 24.4 Å². The van der Waals surface area contributed by atoms with Gasteiger partial charge in [-0.25, -0.2) is 0 Å². The van der Waals surface area contributed by atoms with Gasteiger partial charge in [0.2, 0.25) is 0 Å². The molecular weight excluding hydrogens is 815 g/mol. The molecule has 62 heavy (non-hydrogen) atoms. The van der Waals surface area contributed by atoms with E-state index in [0.29, 0.717) is 35.6 Å². The fourth-order valence-electron chi connectivity index (χ4n) is 8.89. The van der Waals surface area contributed by atoms with Crippen molar-refractivity contribution in [3.05, 3.63) is 93.0 Å². The van der Waals surface area contributed by atoms with E-state index in [4.69, 9.17) is 15.2 Å². The van der Waals surface area contributed by atoms with Crippen molar-refractivity contribution in [2.24, 2.45) is 28.4 Å². The molecule has 0 bridgehead atoms. The van der Waals surface area contributed by atoms with Gasteiger partial charge < -0.3 is 25.4 Å². The van der Waals surface area contributed by atoms with Crippen LogP contribution in [0, 0.1) is 32.8 Å². The molecule has 14 heteroatoms. The number of benzene rings is 4. The molecule has 2 unspecified atom stereocenters. The first-order chi connectivity index (χ1) is 28.6. The highest BCUT2D eigenvalue weighted by Gasteiger charge is 2.42. The van der Waals surface area contributed by atoms with Crippen LogP contribution in [0.3, 0.4) is 0 Å². The number of halogens is 6. The lowest BCUT2D eigenvalue weighted by Crippen LogP contribution is -2.36. The predicted molar refractivity (Wildman–Crippen MR) is 230 cm³/mol. The van der Waals surface area contributed by atoms with E-state index in [-0.39, 0.29) is 62.9 Å². The maximum absolute atomic E-state index is 14.1. The van der Waals surface area contributed by atoms with Crippen molar-refractivity contribution in [2.45, 2.75) is 142 Å². The smallest absolute Gasteiger partial charge is 0.420 e. The Morgan fingerprint density at radius 3 is 1.29 bits per heavy atom. The van der Waals surface area contributed by atoms with Gasteiger partial charge in [0.25, 0.3) is 5.54 Å². The molecule has 0 amide bonds. The van der Waals surface area contributed by atoms with Crippen molar-refractivity contribution in [3.63, 3.8) is 0 Å². The molecule has 0 saturated heterocycles. The van der Waals surface area contributed by atoms with Gasteiger partial charge in [-0.15, -0.1) is 0 Å². The minimum Gasteiger partial charge on any atom is -0.490 e. The molecule has 0 spiro atoms. The van der Waals surface area contributed by atoms with Crippen LogP contribution < -0.4 is 15.2 Å². The van der Waals surface area contributed by atoms with Crippen LogP contribution in [-0.2, 0) is 23.4 Å². The number of nitrogens with zero attached hydrogens (tertiary/aromatic N) is 1. The molecule has 2 atom stereocenters. The zero-order valence-corrected chi connectivity index (χ0v) is 37.0. The molecule has 342 valence electrons. The molecule has 8 nitrogen and oxygen atoms in total. The zero-order valence-electron chi connectivity index (χ0n) is 37.0. The summed E-state index contributed by atoms with van der Waals surface area (Å²) < 4.78 is 96.0. The van der Waals surface area contributed by atoms with Crippen molar-refractivity contribution in [1.82, 2.24) is 0 Å². The number of nitro groups is 1. The zero-order chi connectivity index (χ0) is 46.2. The first kappa shape index (κ1) is 48.9. The minimum atomic E-state index is -4.65. The highest BCUT2D eigenvalue weighted by atomic mass is 19.4. The standard InChI is InChI=1S/C24H30F3NO4.C24H32F3NO2/c1-22(2,3)16-6-9-18(10-7-16)32-20-12-5-15-13-17(23(4,14-29)28(30)31)8-11-19(15)21(20)24(25,26)27;1-22(2,3)16-6-9-18(10-7-16)30-20-12-5-15-13-17(23(4,28)14-29)8-11-19(15)21(20)24(25,26)27/h5,8,11-13,16,18,29H,6-7,9-10,14H2,1-4H3;5,8,11-13,16,18,29H,6-7,9-10,14,28H2,1-4H3. The number of nitrogens with two attached hydrogens (primary N) is 1. The van der Waals surface area contributed by atoms with Crippen molar-refractivity contribution in [3.8, 4) is 11.5 Å². The third-order valence-electron chi connectivity index (χ3n) is 13.2. The summed E-state index contributed by atoms with van der Waals surface area (Å²) in [4.78, 5) is 10.8. The maximum atomic E-state index is 14.1. The number of rotatable bonds is 9. The Kier molecular flexibility index (Phi) is 14.3. The monoisotopic (exact) mass is 876 g/mol. The van der Waals surface area contributed by atoms with Crippen LogP contribution in [-0.4, -0.2) is 40.6 Å². The summed E-state index contributed by atoms with van der Waals surface area (Å²) in [6.07, 6.45) is -3.00. The van der Waals surface area contributed by atoms with Crippen molar-refractivity contribution in [1.29, 1.82) is 0 Å². The van der Waals surface area contributed by atoms with Gasteiger partial charge >= 0.3 is 12.4 Å². The van der Waals surface area contributed by atoms with Crippen LogP contribution in [0.25, 0.3) is 21.5 Å². The van der Waals surface area contributed by atoms with Crippen LogP contribution in [0.2, 0.25) is 0 Å². The van der Waals surface area contributed by atoms with Gasteiger partial charge in [0.1, 0.15) is 29.2 Å². The van der Waals surface area contributed by atoms with E-state index < -0.39 is 46.1 Å². The molecule has 2 fully saturated rings. The Bertz CT molecular complexity index is 2190. The molecule has 0 aromatic heterocycles. The molecule has 4 aromatic carbocycles. The summed E-state index contributed by atoms with van der Waals surface area (Å²) in [6, 6.07) is 14.3. The number of alkyl halides is 6. The summed E-state index contributed by atoms with van der Waals surface area (Å²) in [5.41, 5.74) is 2.71. The Labute approximate surface area is 360 Å². The van der Waals surface area contributed by atoms with E-state index in [1.807, 2.05) is 0 Å². The van der Waals surface area contributed by atoms with Gasteiger partial charge in [-0.3, -0.25) is 10.1 Å². The average Bonchev–Trinajstić information content (AvgIpc) is 3.18. The van der Waals surface area contributed by atoms with Gasteiger partial charge in [-0.1, -0.05) is 77.9 Å². The van der Waals surface area contributed by atoms with E-state index >= 15 is 0 Å². The minimum absolute atomic E-state index is 0.0780. The fraction of sp³-hybridized carbons (Fsp3) is 0.583. The first-order valence-electron chi connectivity index (χ1n) is 21.4. The second-order valence-corrected chi connectivity index (χ2v) is 19.9. The molecule has 6 rings (SSSR count). The number of aliphatic hydroxyl groups is 2. The van der Waals surface area contributed by atoms with Crippen LogP contribution in [0.4, 0.5) is 26.3 Å². The maximum Gasteiger partial charge on any atom is 0.420 e. The normalized spacial score (nSPS) is 22.3. The SMILES string of the molecule is CC(C)(C)C1CCC(Oc2ccc3cc(C(C)(CO)[N+](=O)[O-])ccc3c2C(F)(F)F)CC1.CC(N)(CO)c1ccc2c(C(F)(F)F)c(OC3CCC(C(C)(C)C)CC3)ccc2c1. The number of hydrogen-bond acceptors (Lipinski definition) is 7. The lowest BCUT2D eigenvalue weighted by Gasteiger charge is -2.37. The number of aliphatic hydroxyl groups excluding tert-OH is 2. The topological polar surface area (TPSA) is 128 Å². The van der Waals surface area contributed by atoms with Crippen LogP contribution in [0.5, 0.6) is 11.5 Å².